The quantitative estimate of drug-likeness (QED) is 0.263. The van der Waals surface area contributed by atoms with Crippen molar-refractivity contribution in [3.63, 3.8) is 0 Å². The van der Waals surface area contributed by atoms with Crippen molar-refractivity contribution in [1.82, 2.24) is 0 Å². The standard InChI is InChI=1S/C30H22BrNO9/c1-41-13-3-7-21(33)18(9-13)24-14-5-6-16-25(17(14)10-19-26(24)23(35)11-20(31)27(19)36)29(38)32(28(16)37)12-2-4-15(30(39)40)22(34)8-12/h2-5,7-9,11,16-17,24-25,33-34H,6,10H2,1H3,(H,39,40)/t16-,17+,24+,25-/m0/s1. The molecule has 3 aliphatic carbocycles. The number of imide groups is 1. The van der Waals surface area contributed by atoms with Crippen molar-refractivity contribution >= 4 is 51.0 Å². The van der Waals surface area contributed by atoms with Gasteiger partial charge < -0.3 is 20.1 Å². The molecule has 1 saturated heterocycles. The van der Waals surface area contributed by atoms with E-state index in [9.17, 15) is 39.3 Å². The summed E-state index contributed by atoms with van der Waals surface area (Å²) in [5.41, 5.74) is 1.06. The van der Waals surface area contributed by atoms with Crippen LogP contribution in [0.1, 0.15) is 34.7 Å². The van der Waals surface area contributed by atoms with Crippen LogP contribution >= 0.6 is 15.9 Å². The number of allylic oxidation sites excluding steroid dienone is 6. The number of carbonyl (C=O) groups is 5. The van der Waals surface area contributed by atoms with E-state index in [1.807, 2.05) is 6.08 Å². The van der Waals surface area contributed by atoms with Crippen LogP contribution in [0.5, 0.6) is 17.2 Å². The number of carboxylic acid groups (broad SMARTS) is 1. The normalized spacial score (nSPS) is 25.4. The molecule has 6 rings (SSSR count). The summed E-state index contributed by atoms with van der Waals surface area (Å²) in [6.45, 7) is 0. The second-order valence-corrected chi connectivity index (χ2v) is 11.2. The van der Waals surface area contributed by atoms with Gasteiger partial charge >= 0.3 is 5.97 Å². The lowest BCUT2D eigenvalue weighted by molar-refractivity contribution is -0.123. The van der Waals surface area contributed by atoms with Crippen LogP contribution in [0.25, 0.3) is 0 Å². The van der Waals surface area contributed by atoms with Crippen molar-refractivity contribution in [3.05, 3.63) is 80.9 Å². The third-order valence-electron chi connectivity index (χ3n) is 8.35. The Labute approximate surface area is 241 Å². The highest BCUT2D eigenvalue weighted by molar-refractivity contribution is 9.12. The highest BCUT2D eigenvalue weighted by Crippen LogP contribution is 2.56. The first-order valence-corrected chi connectivity index (χ1v) is 13.5. The van der Waals surface area contributed by atoms with Gasteiger partial charge in [0.15, 0.2) is 11.6 Å². The summed E-state index contributed by atoms with van der Waals surface area (Å²) < 4.78 is 5.44. The average molecular weight is 620 g/mol. The van der Waals surface area contributed by atoms with Crippen LogP contribution in [0.4, 0.5) is 5.69 Å². The fourth-order valence-electron chi connectivity index (χ4n) is 6.55. The zero-order valence-electron chi connectivity index (χ0n) is 21.5. The Morgan fingerprint density at radius 3 is 2.44 bits per heavy atom. The summed E-state index contributed by atoms with van der Waals surface area (Å²) in [5.74, 6) is -6.68. The van der Waals surface area contributed by atoms with Gasteiger partial charge in [-0.05, 0) is 65.0 Å². The number of ketones is 2. The largest absolute Gasteiger partial charge is 0.508 e. The van der Waals surface area contributed by atoms with E-state index in [1.54, 1.807) is 12.1 Å². The van der Waals surface area contributed by atoms with Crippen LogP contribution < -0.4 is 9.64 Å². The van der Waals surface area contributed by atoms with Crippen LogP contribution in [-0.4, -0.2) is 51.8 Å². The number of ether oxygens (including phenoxy) is 1. The van der Waals surface area contributed by atoms with Gasteiger partial charge in [-0.1, -0.05) is 11.6 Å². The summed E-state index contributed by atoms with van der Waals surface area (Å²) in [6, 6.07) is 8.06. The number of aromatic carboxylic acids is 1. The number of phenolic OH excluding ortho intramolecular Hbond substituents is 1. The van der Waals surface area contributed by atoms with Crippen molar-refractivity contribution in [2.75, 3.05) is 12.0 Å². The number of anilines is 1. The van der Waals surface area contributed by atoms with E-state index >= 15 is 0 Å². The van der Waals surface area contributed by atoms with Crippen molar-refractivity contribution < 1.29 is 44.0 Å². The number of rotatable bonds is 4. The minimum Gasteiger partial charge on any atom is -0.508 e. The fourth-order valence-corrected chi connectivity index (χ4v) is 6.99. The molecule has 1 heterocycles. The van der Waals surface area contributed by atoms with Crippen LogP contribution in [0.2, 0.25) is 0 Å². The Bertz CT molecular complexity index is 1700. The minimum absolute atomic E-state index is 0.0331. The van der Waals surface area contributed by atoms with Gasteiger partial charge in [-0.25, -0.2) is 9.69 Å². The molecule has 41 heavy (non-hydrogen) atoms. The zero-order chi connectivity index (χ0) is 29.3. The number of carbonyl (C=O) groups excluding carboxylic acids is 4. The lowest BCUT2D eigenvalue weighted by Gasteiger charge is -2.42. The first-order chi connectivity index (χ1) is 19.5. The summed E-state index contributed by atoms with van der Waals surface area (Å²) in [4.78, 5) is 66.5. The Balaban J connectivity index is 1.48. The Hall–Kier alpha value is -4.51. The maximum Gasteiger partial charge on any atom is 0.339 e. The van der Waals surface area contributed by atoms with E-state index in [0.717, 1.165) is 17.0 Å². The van der Waals surface area contributed by atoms with Gasteiger partial charge in [-0.2, -0.15) is 0 Å². The van der Waals surface area contributed by atoms with E-state index in [4.69, 9.17) is 4.74 Å². The van der Waals surface area contributed by atoms with E-state index < -0.39 is 58.8 Å². The predicted octanol–water partition coefficient (Wildman–Crippen LogP) is 3.77. The molecule has 0 radical (unpaired) electrons. The minimum atomic E-state index is -1.36. The third kappa shape index (κ3) is 3.94. The molecule has 1 aliphatic heterocycles. The SMILES string of the molecule is COc1ccc(O)c([C@H]2C3=CC[C@@H]4C(=O)N(c5ccc(C(=O)O)c(O)c5)C(=O)[C@@H]4[C@@H]3CC3=C2C(=O)C=C(Br)C3=O)c1. The first-order valence-electron chi connectivity index (χ1n) is 12.7. The molecule has 2 aromatic rings. The Morgan fingerprint density at radius 2 is 1.76 bits per heavy atom. The van der Waals surface area contributed by atoms with E-state index in [2.05, 4.69) is 15.9 Å². The van der Waals surface area contributed by atoms with Gasteiger partial charge in [0.2, 0.25) is 11.8 Å². The van der Waals surface area contributed by atoms with Crippen molar-refractivity contribution in [2.45, 2.75) is 18.8 Å². The lowest BCUT2D eigenvalue weighted by Crippen LogP contribution is -2.39. The second kappa shape index (κ2) is 9.55. The number of amides is 2. The van der Waals surface area contributed by atoms with Crippen molar-refractivity contribution in [1.29, 1.82) is 0 Å². The van der Waals surface area contributed by atoms with Gasteiger partial charge in [0, 0.05) is 34.8 Å². The summed E-state index contributed by atoms with van der Waals surface area (Å²) in [6.07, 6.45) is 3.22. The average Bonchev–Trinajstić information content (AvgIpc) is 3.20. The number of hydrogen-bond donors (Lipinski definition) is 3. The van der Waals surface area contributed by atoms with E-state index in [1.165, 1.54) is 25.3 Å². The first kappa shape index (κ1) is 26.7. The number of fused-ring (bicyclic) bond motifs is 3. The predicted molar refractivity (Wildman–Crippen MR) is 147 cm³/mol. The number of hydrogen-bond acceptors (Lipinski definition) is 8. The maximum atomic E-state index is 13.9. The molecule has 3 N–H and O–H groups in total. The molecular weight excluding hydrogens is 598 g/mol. The summed E-state index contributed by atoms with van der Waals surface area (Å²) >= 11 is 3.18. The molecule has 4 aliphatic rings. The molecule has 1 fully saturated rings. The van der Waals surface area contributed by atoms with E-state index in [-0.39, 0.29) is 45.5 Å². The number of Topliss-reactive ketones (excluding diaryl/α,β-unsaturated/α-hetero) is 1. The smallest absolute Gasteiger partial charge is 0.339 e. The molecular formula is C30H22BrNO9. The highest BCUT2D eigenvalue weighted by atomic mass is 79.9. The van der Waals surface area contributed by atoms with Crippen LogP contribution in [0.15, 0.2) is 69.8 Å². The molecule has 10 nitrogen and oxygen atoms in total. The number of carboxylic acids is 1. The molecule has 4 atom stereocenters. The molecule has 0 saturated carbocycles. The van der Waals surface area contributed by atoms with Gasteiger partial charge in [-0.15, -0.1) is 0 Å². The van der Waals surface area contributed by atoms with Gasteiger partial charge in [0.1, 0.15) is 22.8 Å². The van der Waals surface area contributed by atoms with Gasteiger partial charge in [-0.3, -0.25) is 19.2 Å². The second-order valence-electron chi connectivity index (χ2n) is 10.3. The number of methoxy groups -OCH3 is 1. The topological polar surface area (TPSA) is 159 Å². The van der Waals surface area contributed by atoms with Gasteiger partial charge in [0.05, 0.1) is 29.1 Å². The van der Waals surface area contributed by atoms with Crippen LogP contribution in [0, 0.1) is 17.8 Å². The third-order valence-corrected chi connectivity index (χ3v) is 8.94. The summed E-state index contributed by atoms with van der Waals surface area (Å²) in [5, 5.41) is 30.4. The Kier molecular flexibility index (Phi) is 6.22. The monoisotopic (exact) mass is 619 g/mol. The highest BCUT2D eigenvalue weighted by Gasteiger charge is 2.57. The number of halogens is 1. The molecule has 0 aromatic heterocycles. The molecule has 0 bridgehead atoms. The molecule has 2 amide bonds. The lowest BCUT2D eigenvalue weighted by atomic mass is 9.59. The number of benzene rings is 2. The van der Waals surface area contributed by atoms with E-state index in [0.29, 0.717) is 16.9 Å². The summed E-state index contributed by atoms with van der Waals surface area (Å²) in [7, 11) is 1.46. The fraction of sp³-hybridized carbons (Fsp3) is 0.233. The van der Waals surface area contributed by atoms with Crippen LogP contribution in [-0.2, 0) is 19.2 Å². The molecule has 0 spiro atoms. The van der Waals surface area contributed by atoms with Gasteiger partial charge in [0.25, 0.3) is 0 Å². The number of aromatic hydroxyl groups is 2. The van der Waals surface area contributed by atoms with Crippen LogP contribution in [0.3, 0.4) is 0 Å². The number of phenols is 2. The molecule has 11 heteroatoms. The van der Waals surface area contributed by atoms with Crippen molar-refractivity contribution in [2.24, 2.45) is 17.8 Å². The Morgan fingerprint density at radius 1 is 1.00 bits per heavy atom. The molecule has 208 valence electrons. The molecule has 2 aromatic carbocycles. The number of nitrogens with zero attached hydrogens (tertiary/aromatic N) is 1. The van der Waals surface area contributed by atoms with Crippen molar-refractivity contribution in [3.8, 4) is 17.2 Å². The maximum absolute atomic E-state index is 13.9. The zero-order valence-corrected chi connectivity index (χ0v) is 23.0. The molecule has 0 unspecified atom stereocenters.